The highest BCUT2D eigenvalue weighted by molar-refractivity contribution is 5.78. The largest absolute Gasteiger partial charge is 0.497 e. The fraction of sp³-hybridized carbons (Fsp3) is 0.500. The predicted octanol–water partition coefficient (Wildman–Crippen LogP) is 2.77. The standard InChI is InChI=1S/C16H18N2O2/c1-20-12-4-5-14-13(8-12)16(19)18(9-17-14)15-7-10-2-3-11(15)6-10/h4-5,8-11,15H,2-3,6-7H2,1H3/t10-,11+,15-/m0/s1. The SMILES string of the molecule is COc1ccc2ncn([C@H]3C[C@H]4CC[C@@H]3C4)c(=O)c2c1. The van der Waals surface area contributed by atoms with Crippen LogP contribution in [0.3, 0.4) is 0 Å². The molecule has 4 nitrogen and oxygen atoms in total. The summed E-state index contributed by atoms with van der Waals surface area (Å²) in [4.78, 5) is 17.2. The van der Waals surface area contributed by atoms with E-state index in [-0.39, 0.29) is 5.56 Å². The molecule has 2 fully saturated rings. The summed E-state index contributed by atoms with van der Waals surface area (Å²) in [5.41, 5.74) is 0.821. The second-order valence-electron chi connectivity index (χ2n) is 6.08. The molecule has 2 bridgehead atoms. The van der Waals surface area contributed by atoms with Gasteiger partial charge in [0.2, 0.25) is 0 Å². The molecular weight excluding hydrogens is 252 g/mol. The van der Waals surface area contributed by atoms with Crippen molar-refractivity contribution < 1.29 is 4.74 Å². The summed E-state index contributed by atoms with van der Waals surface area (Å²) in [6.07, 6.45) is 6.76. The topological polar surface area (TPSA) is 44.1 Å². The normalized spacial score (nSPS) is 28.1. The average Bonchev–Trinajstić information content (AvgIpc) is 3.10. The first-order valence-electron chi connectivity index (χ1n) is 7.31. The number of fused-ring (bicyclic) bond motifs is 3. The van der Waals surface area contributed by atoms with Crippen molar-refractivity contribution in [1.29, 1.82) is 0 Å². The molecule has 0 N–H and O–H groups in total. The van der Waals surface area contributed by atoms with Crippen molar-refractivity contribution in [2.45, 2.75) is 31.7 Å². The van der Waals surface area contributed by atoms with Crippen molar-refractivity contribution >= 4 is 10.9 Å². The molecule has 0 radical (unpaired) electrons. The average molecular weight is 270 g/mol. The number of rotatable bonds is 2. The van der Waals surface area contributed by atoms with Gasteiger partial charge < -0.3 is 4.74 Å². The Balaban J connectivity index is 1.84. The van der Waals surface area contributed by atoms with E-state index >= 15 is 0 Å². The van der Waals surface area contributed by atoms with Crippen molar-refractivity contribution in [3.63, 3.8) is 0 Å². The highest BCUT2D eigenvalue weighted by Gasteiger charge is 2.40. The third kappa shape index (κ3) is 1.67. The molecule has 20 heavy (non-hydrogen) atoms. The van der Waals surface area contributed by atoms with Crippen LogP contribution in [0, 0.1) is 11.8 Å². The number of aromatic nitrogens is 2. The Labute approximate surface area is 117 Å². The van der Waals surface area contributed by atoms with E-state index in [0.29, 0.717) is 23.1 Å². The van der Waals surface area contributed by atoms with Crippen LogP contribution in [0.1, 0.15) is 31.7 Å². The number of methoxy groups -OCH3 is 1. The summed E-state index contributed by atoms with van der Waals surface area (Å²) >= 11 is 0. The van der Waals surface area contributed by atoms with Gasteiger partial charge in [0.15, 0.2) is 0 Å². The maximum absolute atomic E-state index is 12.7. The van der Waals surface area contributed by atoms with Gasteiger partial charge in [-0.3, -0.25) is 9.36 Å². The summed E-state index contributed by atoms with van der Waals surface area (Å²) in [6, 6.07) is 5.84. The zero-order chi connectivity index (χ0) is 13.7. The third-order valence-corrected chi connectivity index (χ3v) is 5.05. The summed E-state index contributed by atoms with van der Waals surface area (Å²) in [5, 5.41) is 0.662. The van der Waals surface area contributed by atoms with Crippen LogP contribution in [0.4, 0.5) is 0 Å². The van der Waals surface area contributed by atoms with Crippen molar-refractivity contribution in [3.05, 3.63) is 34.9 Å². The van der Waals surface area contributed by atoms with Gasteiger partial charge in [0.1, 0.15) is 5.75 Å². The van der Waals surface area contributed by atoms with Crippen LogP contribution in [0.2, 0.25) is 0 Å². The van der Waals surface area contributed by atoms with Gasteiger partial charge in [-0.2, -0.15) is 0 Å². The molecule has 0 saturated heterocycles. The van der Waals surface area contributed by atoms with Crippen LogP contribution >= 0.6 is 0 Å². The van der Waals surface area contributed by atoms with E-state index < -0.39 is 0 Å². The molecule has 3 atom stereocenters. The maximum Gasteiger partial charge on any atom is 0.261 e. The lowest BCUT2D eigenvalue weighted by molar-refractivity contribution is 0.321. The number of benzene rings is 1. The summed E-state index contributed by atoms with van der Waals surface area (Å²) < 4.78 is 7.08. The molecule has 0 aliphatic heterocycles. The van der Waals surface area contributed by atoms with Crippen LogP contribution < -0.4 is 10.3 Å². The second kappa shape index (κ2) is 4.33. The number of hydrogen-bond acceptors (Lipinski definition) is 3. The first-order chi connectivity index (χ1) is 9.76. The van der Waals surface area contributed by atoms with Crippen LogP contribution in [0.25, 0.3) is 10.9 Å². The lowest BCUT2D eigenvalue weighted by Crippen LogP contribution is -2.28. The van der Waals surface area contributed by atoms with E-state index in [1.165, 1.54) is 19.3 Å². The van der Waals surface area contributed by atoms with Gasteiger partial charge in [-0.1, -0.05) is 6.42 Å². The summed E-state index contributed by atoms with van der Waals surface area (Å²) in [7, 11) is 1.62. The smallest absolute Gasteiger partial charge is 0.261 e. The Morgan fingerprint density at radius 1 is 1.30 bits per heavy atom. The molecule has 1 aromatic carbocycles. The van der Waals surface area contributed by atoms with Crippen molar-refractivity contribution in [3.8, 4) is 5.75 Å². The molecule has 2 aliphatic rings. The molecule has 4 rings (SSSR count). The number of ether oxygens (including phenoxy) is 1. The zero-order valence-corrected chi connectivity index (χ0v) is 11.6. The first-order valence-corrected chi connectivity index (χ1v) is 7.31. The predicted molar refractivity (Wildman–Crippen MR) is 77.0 cm³/mol. The molecule has 1 heterocycles. The van der Waals surface area contributed by atoms with Crippen molar-refractivity contribution in [1.82, 2.24) is 9.55 Å². The Hall–Kier alpha value is -1.84. The quantitative estimate of drug-likeness (QED) is 0.843. The Morgan fingerprint density at radius 3 is 2.90 bits per heavy atom. The Morgan fingerprint density at radius 2 is 2.20 bits per heavy atom. The zero-order valence-electron chi connectivity index (χ0n) is 11.6. The van der Waals surface area contributed by atoms with Crippen LogP contribution in [0.5, 0.6) is 5.75 Å². The molecule has 4 heteroatoms. The molecule has 2 aliphatic carbocycles. The van der Waals surface area contributed by atoms with E-state index in [1.54, 1.807) is 19.5 Å². The molecule has 0 unspecified atom stereocenters. The van der Waals surface area contributed by atoms with Crippen molar-refractivity contribution in [2.24, 2.45) is 11.8 Å². The van der Waals surface area contributed by atoms with Crippen LogP contribution in [-0.4, -0.2) is 16.7 Å². The first kappa shape index (κ1) is 11.9. The van der Waals surface area contributed by atoms with Crippen LogP contribution in [0.15, 0.2) is 29.3 Å². The van der Waals surface area contributed by atoms with Crippen molar-refractivity contribution in [2.75, 3.05) is 7.11 Å². The number of hydrogen-bond donors (Lipinski definition) is 0. The number of nitrogens with zero attached hydrogens (tertiary/aromatic N) is 2. The van der Waals surface area contributed by atoms with Gasteiger partial charge in [0, 0.05) is 6.04 Å². The summed E-state index contributed by atoms with van der Waals surface area (Å²) in [5.74, 6) is 2.20. The van der Waals surface area contributed by atoms with Gasteiger partial charge in [-0.25, -0.2) is 4.98 Å². The highest BCUT2D eigenvalue weighted by Crippen LogP contribution is 2.50. The molecule has 1 aromatic heterocycles. The van der Waals surface area contributed by atoms with E-state index in [1.807, 2.05) is 16.7 Å². The monoisotopic (exact) mass is 270 g/mol. The summed E-state index contributed by atoms with van der Waals surface area (Å²) in [6.45, 7) is 0. The van der Waals surface area contributed by atoms with E-state index in [2.05, 4.69) is 4.98 Å². The highest BCUT2D eigenvalue weighted by atomic mass is 16.5. The minimum Gasteiger partial charge on any atom is -0.497 e. The molecule has 2 aromatic rings. The Bertz CT molecular complexity index is 722. The van der Waals surface area contributed by atoms with Crippen LogP contribution in [-0.2, 0) is 0 Å². The molecule has 104 valence electrons. The van der Waals surface area contributed by atoms with E-state index in [0.717, 1.165) is 17.9 Å². The van der Waals surface area contributed by atoms with E-state index in [4.69, 9.17) is 4.74 Å². The van der Waals surface area contributed by atoms with Gasteiger partial charge in [-0.15, -0.1) is 0 Å². The fourth-order valence-electron chi connectivity index (χ4n) is 4.03. The van der Waals surface area contributed by atoms with Gasteiger partial charge >= 0.3 is 0 Å². The van der Waals surface area contributed by atoms with Gasteiger partial charge in [0.05, 0.1) is 24.3 Å². The van der Waals surface area contributed by atoms with Gasteiger partial charge in [-0.05, 0) is 49.3 Å². The molecule has 0 amide bonds. The Kier molecular flexibility index (Phi) is 2.59. The molecular formula is C16H18N2O2. The fourth-order valence-corrected chi connectivity index (χ4v) is 4.03. The molecule has 0 spiro atoms. The van der Waals surface area contributed by atoms with E-state index in [9.17, 15) is 4.79 Å². The van der Waals surface area contributed by atoms with Gasteiger partial charge in [0.25, 0.3) is 5.56 Å². The maximum atomic E-state index is 12.7. The molecule has 2 saturated carbocycles. The lowest BCUT2D eigenvalue weighted by atomic mass is 9.95. The second-order valence-corrected chi connectivity index (χ2v) is 6.08. The third-order valence-electron chi connectivity index (χ3n) is 5.05. The minimum absolute atomic E-state index is 0.0754. The minimum atomic E-state index is 0.0754. The lowest BCUT2D eigenvalue weighted by Gasteiger charge is -2.23.